The summed E-state index contributed by atoms with van der Waals surface area (Å²) < 4.78 is 23.3. The highest BCUT2D eigenvalue weighted by atomic mass is 35.5. The van der Waals surface area contributed by atoms with Crippen LogP contribution >= 0.6 is 11.6 Å². The fourth-order valence-corrected chi connectivity index (χ4v) is 3.21. The van der Waals surface area contributed by atoms with Crippen molar-refractivity contribution in [1.82, 2.24) is 5.32 Å². The molecule has 0 saturated heterocycles. The number of aryl methyl sites for hydroxylation is 1. The SMILES string of the molecule is CCc1ccc(C(C)NC(=O)C(=O)Nc2cc(S(C)(=O)=O)ccc2Cl)cc1. The molecule has 2 aromatic rings. The summed E-state index contributed by atoms with van der Waals surface area (Å²) in [6.45, 7) is 3.82. The lowest BCUT2D eigenvalue weighted by Gasteiger charge is -2.15. The van der Waals surface area contributed by atoms with Crippen LogP contribution in [0.2, 0.25) is 5.02 Å². The number of nitrogens with one attached hydrogen (secondary N) is 2. The fourth-order valence-electron chi connectivity index (χ4n) is 2.40. The van der Waals surface area contributed by atoms with Crippen molar-refractivity contribution in [3.8, 4) is 0 Å². The fraction of sp³-hybridized carbons (Fsp3) is 0.263. The van der Waals surface area contributed by atoms with E-state index >= 15 is 0 Å². The Bertz CT molecular complexity index is 956. The molecule has 0 aliphatic rings. The molecule has 0 heterocycles. The van der Waals surface area contributed by atoms with Crippen molar-refractivity contribution in [2.24, 2.45) is 0 Å². The summed E-state index contributed by atoms with van der Waals surface area (Å²) >= 11 is 5.98. The van der Waals surface area contributed by atoms with Crippen LogP contribution in [0, 0.1) is 0 Å². The maximum absolute atomic E-state index is 12.2. The summed E-state index contributed by atoms with van der Waals surface area (Å²) in [5.74, 6) is -1.78. The molecule has 2 aromatic carbocycles. The molecule has 8 heteroatoms. The Kier molecular flexibility index (Phi) is 6.62. The van der Waals surface area contributed by atoms with E-state index in [4.69, 9.17) is 11.6 Å². The second-order valence-corrected chi connectivity index (χ2v) is 8.58. The van der Waals surface area contributed by atoms with E-state index in [1.54, 1.807) is 6.92 Å². The average molecular weight is 409 g/mol. The molecule has 0 aliphatic carbocycles. The predicted octanol–water partition coefficient (Wildman–Crippen LogP) is 3.12. The lowest BCUT2D eigenvalue weighted by atomic mass is 10.1. The van der Waals surface area contributed by atoms with E-state index in [2.05, 4.69) is 17.6 Å². The number of carbonyl (C=O) groups is 2. The first-order valence-electron chi connectivity index (χ1n) is 8.32. The largest absolute Gasteiger partial charge is 0.341 e. The van der Waals surface area contributed by atoms with Crippen LogP contribution in [0.4, 0.5) is 5.69 Å². The standard InChI is InChI=1S/C19H21ClN2O4S/c1-4-13-5-7-14(8-6-13)12(2)21-18(23)19(24)22-17-11-15(27(3,25)26)9-10-16(17)20/h5-12H,4H2,1-3H3,(H,21,23)(H,22,24). The minimum absolute atomic E-state index is 0.00742. The zero-order valence-corrected chi connectivity index (χ0v) is 16.8. The molecule has 0 aliphatic heterocycles. The van der Waals surface area contributed by atoms with Crippen LogP contribution in [-0.2, 0) is 25.8 Å². The van der Waals surface area contributed by atoms with Gasteiger partial charge < -0.3 is 10.6 Å². The normalized spacial score (nSPS) is 12.3. The first-order chi connectivity index (χ1) is 12.6. The highest BCUT2D eigenvalue weighted by Gasteiger charge is 2.19. The van der Waals surface area contributed by atoms with Crippen LogP contribution in [0.1, 0.15) is 31.0 Å². The zero-order chi connectivity index (χ0) is 20.2. The topological polar surface area (TPSA) is 92.3 Å². The molecule has 0 fully saturated rings. The molecule has 2 N–H and O–H groups in total. The van der Waals surface area contributed by atoms with Crippen molar-refractivity contribution in [3.05, 3.63) is 58.6 Å². The summed E-state index contributed by atoms with van der Waals surface area (Å²) in [6, 6.07) is 11.3. The van der Waals surface area contributed by atoms with Gasteiger partial charge in [0.25, 0.3) is 0 Å². The summed E-state index contributed by atoms with van der Waals surface area (Å²) in [5.41, 5.74) is 2.10. The van der Waals surface area contributed by atoms with Crippen molar-refractivity contribution in [2.75, 3.05) is 11.6 Å². The lowest BCUT2D eigenvalue weighted by Crippen LogP contribution is -2.37. The van der Waals surface area contributed by atoms with E-state index in [-0.39, 0.29) is 21.6 Å². The summed E-state index contributed by atoms with van der Waals surface area (Å²) in [5, 5.41) is 5.09. The third kappa shape index (κ3) is 5.55. The van der Waals surface area contributed by atoms with Gasteiger partial charge in [-0.05, 0) is 42.7 Å². The third-order valence-corrected chi connectivity index (χ3v) is 5.50. The number of carbonyl (C=O) groups excluding carboxylic acids is 2. The van der Waals surface area contributed by atoms with Crippen molar-refractivity contribution in [1.29, 1.82) is 0 Å². The minimum atomic E-state index is -3.47. The second-order valence-electron chi connectivity index (χ2n) is 6.16. The first kappa shape index (κ1) is 20.9. The van der Waals surface area contributed by atoms with E-state index in [1.165, 1.54) is 23.8 Å². The summed E-state index contributed by atoms with van der Waals surface area (Å²) in [6.07, 6.45) is 1.96. The quantitative estimate of drug-likeness (QED) is 0.743. The molecular weight excluding hydrogens is 388 g/mol. The zero-order valence-electron chi connectivity index (χ0n) is 15.2. The van der Waals surface area contributed by atoms with Gasteiger partial charge in [0.2, 0.25) is 0 Å². The molecule has 0 bridgehead atoms. The van der Waals surface area contributed by atoms with Crippen LogP contribution in [0.25, 0.3) is 0 Å². The number of rotatable bonds is 5. The molecule has 0 spiro atoms. The van der Waals surface area contributed by atoms with Crippen molar-refractivity contribution in [2.45, 2.75) is 31.2 Å². The molecule has 0 saturated carbocycles. The number of halogens is 1. The van der Waals surface area contributed by atoms with Crippen molar-refractivity contribution >= 4 is 38.9 Å². The Morgan fingerprint density at radius 1 is 1.07 bits per heavy atom. The second kappa shape index (κ2) is 8.54. The van der Waals surface area contributed by atoms with Gasteiger partial charge in [0, 0.05) is 6.26 Å². The monoisotopic (exact) mass is 408 g/mol. The van der Waals surface area contributed by atoms with Gasteiger partial charge in [0.1, 0.15) is 0 Å². The molecule has 2 amide bonds. The van der Waals surface area contributed by atoms with Crippen LogP contribution in [0.3, 0.4) is 0 Å². The number of sulfone groups is 1. The van der Waals surface area contributed by atoms with Gasteiger partial charge in [-0.2, -0.15) is 0 Å². The van der Waals surface area contributed by atoms with Gasteiger partial charge in [-0.1, -0.05) is 42.8 Å². The summed E-state index contributed by atoms with van der Waals surface area (Å²) in [4.78, 5) is 24.3. The number of benzene rings is 2. The smallest absolute Gasteiger partial charge is 0.313 e. The Morgan fingerprint density at radius 3 is 2.26 bits per heavy atom. The highest BCUT2D eigenvalue weighted by Crippen LogP contribution is 2.25. The molecule has 2 rings (SSSR count). The molecule has 0 aromatic heterocycles. The van der Waals surface area contributed by atoms with Crippen molar-refractivity contribution < 1.29 is 18.0 Å². The maximum Gasteiger partial charge on any atom is 0.313 e. The molecule has 6 nitrogen and oxygen atoms in total. The van der Waals surface area contributed by atoms with Gasteiger partial charge in [-0.25, -0.2) is 8.42 Å². The molecule has 27 heavy (non-hydrogen) atoms. The average Bonchev–Trinajstić information content (AvgIpc) is 2.62. The van der Waals surface area contributed by atoms with Crippen LogP contribution in [-0.4, -0.2) is 26.5 Å². The van der Waals surface area contributed by atoms with Crippen molar-refractivity contribution in [3.63, 3.8) is 0 Å². The molecule has 1 unspecified atom stereocenters. The maximum atomic E-state index is 12.2. The Hall–Kier alpha value is -2.38. The molecule has 1 atom stereocenters. The van der Waals surface area contributed by atoms with Gasteiger partial charge in [0.05, 0.1) is 21.6 Å². The van der Waals surface area contributed by atoms with Gasteiger partial charge >= 0.3 is 11.8 Å². The number of anilines is 1. The van der Waals surface area contributed by atoms with E-state index in [0.29, 0.717) is 0 Å². The van der Waals surface area contributed by atoms with E-state index in [9.17, 15) is 18.0 Å². The summed E-state index contributed by atoms with van der Waals surface area (Å²) in [7, 11) is -3.47. The molecular formula is C19H21ClN2O4S. The Balaban J connectivity index is 2.08. The van der Waals surface area contributed by atoms with Gasteiger partial charge in [0.15, 0.2) is 9.84 Å². The van der Waals surface area contributed by atoms with Gasteiger partial charge in [-0.3, -0.25) is 9.59 Å². The predicted molar refractivity (Wildman–Crippen MR) is 106 cm³/mol. The van der Waals surface area contributed by atoms with Crippen LogP contribution in [0.15, 0.2) is 47.4 Å². The lowest BCUT2D eigenvalue weighted by molar-refractivity contribution is -0.136. The highest BCUT2D eigenvalue weighted by molar-refractivity contribution is 7.90. The number of hydrogen-bond acceptors (Lipinski definition) is 4. The Labute approximate surface area is 163 Å². The van der Waals surface area contributed by atoms with Gasteiger partial charge in [-0.15, -0.1) is 0 Å². The third-order valence-electron chi connectivity index (χ3n) is 4.06. The van der Waals surface area contributed by atoms with E-state index < -0.39 is 21.7 Å². The van der Waals surface area contributed by atoms with Crippen LogP contribution < -0.4 is 10.6 Å². The Morgan fingerprint density at radius 2 is 1.70 bits per heavy atom. The number of hydrogen-bond donors (Lipinski definition) is 2. The molecule has 144 valence electrons. The number of amides is 2. The first-order valence-corrected chi connectivity index (χ1v) is 10.6. The van der Waals surface area contributed by atoms with Crippen LogP contribution in [0.5, 0.6) is 0 Å². The van der Waals surface area contributed by atoms with E-state index in [1.807, 2.05) is 24.3 Å². The minimum Gasteiger partial charge on any atom is -0.341 e. The van der Waals surface area contributed by atoms with E-state index in [0.717, 1.165) is 18.2 Å². The molecule has 0 radical (unpaired) electrons.